The molecule has 0 aromatic carbocycles. The quantitative estimate of drug-likeness (QED) is 0.618. The van der Waals surface area contributed by atoms with E-state index in [1.165, 1.54) is 12.8 Å². The van der Waals surface area contributed by atoms with Gasteiger partial charge in [-0.3, -0.25) is 14.9 Å². The maximum atomic E-state index is 11.8. The van der Waals surface area contributed by atoms with E-state index in [1.54, 1.807) is 0 Å². The highest BCUT2D eigenvalue weighted by atomic mass is 16.5. The third-order valence-electron chi connectivity index (χ3n) is 4.38. The summed E-state index contributed by atoms with van der Waals surface area (Å²) in [7, 11) is 0. The van der Waals surface area contributed by atoms with E-state index in [-0.39, 0.29) is 24.7 Å². The molecule has 1 saturated heterocycles. The van der Waals surface area contributed by atoms with Crippen molar-refractivity contribution in [3.63, 3.8) is 0 Å². The fraction of sp³-hybridized carbons (Fsp3) is 0.667. The van der Waals surface area contributed by atoms with Gasteiger partial charge >= 0.3 is 6.03 Å². The first-order chi connectivity index (χ1) is 11.6. The van der Waals surface area contributed by atoms with E-state index in [9.17, 15) is 14.4 Å². The molecule has 0 spiro atoms. The van der Waals surface area contributed by atoms with Gasteiger partial charge in [0.2, 0.25) is 11.8 Å². The van der Waals surface area contributed by atoms with Crippen molar-refractivity contribution in [2.24, 2.45) is 0 Å². The summed E-state index contributed by atoms with van der Waals surface area (Å²) in [6.45, 7) is 0.408. The monoisotopic (exact) mass is 335 g/mol. The highest BCUT2D eigenvalue weighted by Gasteiger charge is 2.29. The minimum atomic E-state index is -0.630. The molecule has 130 valence electrons. The van der Waals surface area contributed by atoms with Crippen LogP contribution >= 0.6 is 0 Å². The molecule has 24 heavy (non-hydrogen) atoms. The van der Waals surface area contributed by atoms with Crippen LogP contribution in [0.25, 0.3) is 0 Å². The van der Waals surface area contributed by atoms with E-state index in [0.29, 0.717) is 30.6 Å². The summed E-state index contributed by atoms with van der Waals surface area (Å²) in [5.74, 6) is 1.12. The summed E-state index contributed by atoms with van der Waals surface area (Å²) in [5, 5.41) is 11.3. The number of hydrogen-bond donors (Lipinski definition) is 3. The molecule has 3 rings (SSSR count). The first kappa shape index (κ1) is 16.4. The molecular formula is C15H21N5O4. The largest absolute Gasteiger partial charge is 0.356 e. The van der Waals surface area contributed by atoms with Crippen molar-refractivity contribution in [3.05, 3.63) is 11.7 Å². The summed E-state index contributed by atoms with van der Waals surface area (Å²) >= 11 is 0. The van der Waals surface area contributed by atoms with E-state index >= 15 is 0 Å². The Bertz CT molecular complexity index is 623. The van der Waals surface area contributed by atoms with E-state index in [4.69, 9.17) is 4.52 Å². The van der Waals surface area contributed by atoms with Gasteiger partial charge in [-0.25, -0.2) is 4.79 Å². The number of carbonyl (C=O) groups excluding carboxylic acids is 3. The van der Waals surface area contributed by atoms with Crippen LogP contribution in [0.15, 0.2) is 4.52 Å². The Labute approximate surface area is 138 Å². The van der Waals surface area contributed by atoms with Gasteiger partial charge in [0.15, 0.2) is 5.82 Å². The molecule has 4 amide bonds. The number of aromatic nitrogens is 2. The average molecular weight is 335 g/mol. The Morgan fingerprint density at radius 1 is 1.29 bits per heavy atom. The van der Waals surface area contributed by atoms with Crippen molar-refractivity contribution in [3.8, 4) is 0 Å². The Morgan fingerprint density at radius 3 is 2.79 bits per heavy atom. The minimum Gasteiger partial charge on any atom is -0.356 e. The third-order valence-corrected chi connectivity index (χ3v) is 4.38. The molecule has 1 aliphatic carbocycles. The van der Waals surface area contributed by atoms with Gasteiger partial charge in [0.1, 0.15) is 6.04 Å². The lowest BCUT2D eigenvalue weighted by molar-refractivity contribution is -0.122. The van der Waals surface area contributed by atoms with Crippen LogP contribution in [0.4, 0.5) is 4.79 Å². The molecule has 9 heteroatoms. The third kappa shape index (κ3) is 4.09. The number of nitrogens with one attached hydrogen (secondary N) is 3. The van der Waals surface area contributed by atoms with Crippen LogP contribution in [-0.4, -0.2) is 40.6 Å². The Hall–Kier alpha value is -2.45. The Balaban J connectivity index is 1.34. The van der Waals surface area contributed by atoms with Crippen LogP contribution in [0.3, 0.4) is 0 Å². The maximum absolute atomic E-state index is 11.8. The number of nitrogens with zero attached hydrogens (tertiary/aromatic N) is 2. The number of amides is 4. The van der Waals surface area contributed by atoms with Crippen LogP contribution < -0.4 is 16.0 Å². The fourth-order valence-electron chi connectivity index (χ4n) is 3.05. The van der Waals surface area contributed by atoms with Crippen LogP contribution in [0, 0.1) is 0 Å². The topological polar surface area (TPSA) is 126 Å². The number of urea groups is 1. The number of carbonyl (C=O) groups is 3. The van der Waals surface area contributed by atoms with Gasteiger partial charge in [0.05, 0.1) is 0 Å². The van der Waals surface area contributed by atoms with Gasteiger partial charge in [0.25, 0.3) is 5.91 Å². The Kier molecular flexibility index (Phi) is 5.07. The smallest absolute Gasteiger partial charge is 0.322 e. The van der Waals surface area contributed by atoms with Crippen molar-refractivity contribution in [1.82, 2.24) is 26.1 Å². The summed E-state index contributed by atoms with van der Waals surface area (Å²) in [4.78, 5) is 38.5. The molecule has 3 N–H and O–H groups in total. The molecular weight excluding hydrogens is 314 g/mol. The van der Waals surface area contributed by atoms with E-state index in [0.717, 1.165) is 12.8 Å². The first-order valence-electron chi connectivity index (χ1n) is 8.32. The standard InChI is InChI=1S/C15H21N5O4/c21-12(6-5-10-13(22)19-15(23)17-10)16-8-7-11-18-14(24-20-11)9-3-1-2-4-9/h9-10H,1-8H2,(H,16,21)(H2,17,19,22,23)/t10-/m0/s1. The predicted molar refractivity (Wildman–Crippen MR) is 81.9 cm³/mol. The molecule has 2 fully saturated rings. The number of hydrogen-bond acceptors (Lipinski definition) is 6. The van der Waals surface area contributed by atoms with Crippen LogP contribution in [0.2, 0.25) is 0 Å². The molecule has 1 aromatic rings. The van der Waals surface area contributed by atoms with Crippen molar-refractivity contribution >= 4 is 17.8 Å². The zero-order valence-corrected chi connectivity index (χ0v) is 13.3. The summed E-state index contributed by atoms with van der Waals surface area (Å²) in [6.07, 6.45) is 5.56. The molecule has 1 saturated carbocycles. The predicted octanol–water partition coefficient (Wildman–Crippen LogP) is 0.374. The van der Waals surface area contributed by atoms with Gasteiger partial charge in [-0.15, -0.1) is 0 Å². The second-order valence-corrected chi connectivity index (χ2v) is 6.18. The lowest BCUT2D eigenvalue weighted by atomic mass is 10.1. The molecule has 0 radical (unpaired) electrons. The van der Waals surface area contributed by atoms with E-state index in [2.05, 4.69) is 26.1 Å². The minimum absolute atomic E-state index is 0.165. The van der Waals surface area contributed by atoms with Gasteiger partial charge in [0, 0.05) is 25.3 Å². The van der Waals surface area contributed by atoms with Crippen molar-refractivity contribution < 1.29 is 18.9 Å². The van der Waals surface area contributed by atoms with Gasteiger partial charge in [-0.2, -0.15) is 4.98 Å². The second-order valence-electron chi connectivity index (χ2n) is 6.18. The summed E-state index contributed by atoms with van der Waals surface area (Å²) < 4.78 is 5.28. The van der Waals surface area contributed by atoms with Crippen LogP contribution in [-0.2, 0) is 16.0 Å². The fourth-order valence-corrected chi connectivity index (χ4v) is 3.05. The maximum Gasteiger partial charge on any atom is 0.322 e. The highest BCUT2D eigenvalue weighted by molar-refractivity contribution is 6.04. The molecule has 1 atom stereocenters. The molecule has 1 aliphatic heterocycles. The molecule has 1 aromatic heterocycles. The molecule has 0 unspecified atom stereocenters. The van der Waals surface area contributed by atoms with Gasteiger partial charge in [-0.05, 0) is 19.3 Å². The number of imide groups is 1. The zero-order chi connectivity index (χ0) is 16.9. The van der Waals surface area contributed by atoms with Gasteiger partial charge < -0.3 is 15.2 Å². The SMILES string of the molecule is O=C(CC[C@@H]1NC(=O)NC1=O)NCCc1noc(C2CCCC2)n1. The lowest BCUT2D eigenvalue weighted by Crippen LogP contribution is -2.32. The van der Waals surface area contributed by atoms with Crippen LogP contribution in [0.5, 0.6) is 0 Å². The molecule has 0 bridgehead atoms. The summed E-state index contributed by atoms with van der Waals surface area (Å²) in [5.41, 5.74) is 0. The van der Waals surface area contributed by atoms with Crippen molar-refractivity contribution in [2.75, 3.05) is 6.54 Å². The van der Waals surface area contributed by atoms with Crippen LogP contribution in [0.1, 0.15) is 56.2 Å². The van der Waals surface area contributed by atoms with Crippen molar-refractivity contribution in [1.29, 1.82) is 0 Å². The van der Waals surface area contributed by atoms with Crippen molar-refractivity contribution in [2.45, 2.75) is 56.9 Å². The lowest BCUT2D eigenvalue weighted by Gasteiger charge is -2.07. The summed E-state index contributed by atoms with van der Waals surface area (Å²) in [6, 6.07) is -1.14. The van der Waals surface area contributed by atoms with E-state index in [1.807, 2.05) is 0 Å². The Morgan fingerprint density at radius 2 is 2.08 bits per heavy atom. The first-order valence-corrected chi connectivity index (χ1v) is 8.32. The zero-order valence-electron chi connectivity index (χ0n) is 13.3. The second kappa shape index (κ2) is 7.41. The van der Waals surface area contributed by atoms with Gasteiger partial charge in [-0.1, -0.05) is 18.0 Å². The molecule has 9 nitrogen and oxygen atoms in total. The molecule has 2 heterocycles. The normalized spacial score (nSPS) is 20.9. The average Bonchev–Trinajstić information content (AvgIpc) is 3.26. The molecule has 2 aliphatic rings. The van der Waals surface area contributed by atoms with E-state index < -0.39 is 12.1 Å². The highest BCUT2D eigenvalue weighted by Crippen LogP contribution is 2.32. The number of rotatable bonds is 7.